The van der Waals surface area contributed by atoms with E-state index in [1.54, 1.807) is 0 Å². The quantitative estimate of drug-likeness (QED) is 0.804. The van der Waals surface area contributed by atoms with Gasteiger partial charge >= 0.3 is 0 Å². The molecule has 2 N–H and O–H groups in total. The summed E-state index contributed by atoms with van der Waals surface area (Å²) in [5.74, 6) is 0. The molecule has 0 bridgehead atoms. The first kappa shape index (κ1) is 11.6. The van der Waals surface area contributed by atoms with Gasteiger partial charge in [-0.25, -0.2) is 0 Å². The molecule has 1 aliphatic carbocycles. The summed E-state index contributed by atoms with van der Waals surface area (Å²) < 4.78 is 0. The molecule has 1 aliphatic rings. The molecule has 2 nitrogen and oxygen atoms in total. The molecule has 0 aromatic heterocycles. The minimum absolute atomic E-state index is 0.711. The Morgan fingerprint density at radius 2 is 1.75 bits per heavy atom. The number of hydrogen-bond acceptors (Lipinski definition) is 2. The average Bonchev–Trinajstić information content (AvgIpc) is 2.30. The molecule has 1 aromatic rings. The number of aliphatic hydroxyl groups excluding tert-OH is 1. The highest BCUT2D eigenvalue weighted by Crippen LogP contribution is 2.39. The summed E-state index contributed by atoms with van der Waals surface area (Å²) in [6, 6.07) is 7.76. The number of rotatable bonds is 2. The molecule has 0 radical (unpaired) electrons. The van der Waals surface area contributed by atoms with Crippen LogP contribution in [0, 0.1) is 6.92 Å². The van der Waals surface area contributed by atoms with Crippen LogP contribution >= 0.6 is 0 Å². The van der Waals surface area contributed by atoms with Crippen molar-refractivity contribution in [1.82, 2.24) is 0 Å². The van der Waals surface area contributed by atoms with Gasteiger partial charge in [-0.05, 0) is 30.9 Å². The van der Waals surface area contributed by atoms with Crippen LogP contribution in [0.3, 0.4) is 0 Å². The normalized spacial score (nSPS) is 21.7. The van der Waals surface area contributed by atoms with E-state index in [9.17, 15) is 10.2 Å². The van der Waals surface area contributed by atoms with Crippen molar-refractivity contribution in [2.24, 2.45) is 0 Å². The van der Waals surface area contributed by atoms with Crippen molar-refractivity contribution in [1.29, 1.82) is 0 Å². The lowest BCUT2D eigenvalue weighted by atomic mass is 9.78. The van der Waals surface area contributed by atoms with Crippen LogP contribution in [0.5, 0.6) is 0 Å². The topological polar surface area (TPSA) is 40.5 Å². The molecule has 1 fully saturated rings. The third-order valence-electron chi connectivity index (χ3n) is 3.71. The van der Waals surface area contributed by atoms with Gasteiger partial charge in [0, 0.05) is 0 Å². The van der Waals surface area contributed by atoms with Crippen molar-refractivity contribution in [3.05, 3.63) is 35.4 Å². The Labute approximate surface area is 96.9 Å². The Bertz CT molecular complexity index is 354. The molecule has 1 saturated carbocycles. The Morgan fingerprint density at radius 3 is 2.38 bits per heavy atom. The van der Waals surface area contributed by atoms with Gasteiger partial charge in [0.2, 0.25) is 0 Å². The molecular weight excluding hydrogens is 200 g/mol. The second kappa shape index (κ2) is 4.56. The first-order valence-electron chi connectivity index (χ1n) is 6.09. The van der Waals surface area contributed by atoms with E-state index < -0.39 is 11.7 Å². The van der Waals surface area contributed by atoms with Crippen molar-refractivity contribution in [3.63, 3.8) is 0 Å². The Hall–Kier alpha value is -0.860. The maximum Gasteiger partial charge on any atom is 0.108 e. The monoisotopic (exact) mass is 220 g/mol. The largest absolute Gasteiger partial charge is 0.387 e. The first-order valence-corrected chi connectivity index (χ1v) is 6.09. The van der Waals surface area contributed by atoms with Crippen molar-refractivity contribution >= 4 is 0 Å². The van der Waals surface area contributed by atoms with Crippen LogP contribution in [0.1, 0.15) is 49.3 Å². The highest BCUT2D eigenvalue weighted by Gasteiger charge is 2.38. The van der Waals surface area contributed by atoms with E-state index in [4.69, 9.17) is 0 Å². The van der Waals surface area contributed by atoms with Gasteiger partial charge in [-0.2, -0.15) is 0 Å². The van der Waals surface area contributed by atoms with Crippen molar-refractivity contribution < 1.29 is 10.2 Å². The van der Waals surface area contributed by atoms with Crippen LogP contribution in [-0.2, 0) is 0 Å². The summed E-state index contributed by atoms with van der Waals surface area (Å²) in [5.41, 5.74) is 1.01. The predicted octanol–water partition coefficient (Wildman–Crippen LogP) is 2.72. The molecule has 16 heavy (non-hydrogen) atoms. The van der Waals surface area contributed by atoms with E-state index >= 15 is 0 Å². The maximum atomic E-state index is 10.5. The second-order valence-corrected chi connectivity index (χ2v) is 4.92. The molecule has 2 rings (SSSR count). The number of hydrogen-bond donors (Lipinski definition) is 2. The van der Waals surface area contributed by atoms with Crippen LogP contribution in [0.15, 0.2) is 24.3 Å². The number of aryl methyl sites for hydroxylation is 1. The molecule has 1 aromatic carbocycles. The molecule has 0 heterocycles. The third-order valence-corrected chi connectivity index (χ3v) is 3.71. The molecular formula is C14H20O2. The predicted molar refractivity (Wildman–Crippen MR) is 64.2 cm³/mol. The first-order chi connectivity index (χ1) is 7.63. The van der Waals surface area contributed by atoms with E-state index in [-0.39, 0.29) is 0 Å². The molecule has 0 saturated heterocycles. The van der Waals surface area contributed by atoms with Gasteiger partial charge in [-0.1, -0.05) is 43.5 Å². The number of benzene rings is 1. The summed E-state index contributed by atoms with van der Waals surface area (Å²) >= 11 is 0. The Morgan fingerprint density at radius 1 is 1.12 bits per heavy atom. The lowest BCUT2D eigenvalue weighted by Gasteiger charge is -2.37. The SMILES string of the molecule is Cc1ccccc1C(O)C1(O)CCCCC1. The van der Waals surface area contributed by atoms with Crippen LogP contribution in [0.25, 0.3) is 0 Å². The van der Waals surface area contributed by atoms with Gasteiger partial charge in [0.05, 0.1) is 5.60 Å². The fourth-order valence-corrected chi connectivity index (χ4v) is 2.62. The molecule has 88 valence electrons. The van der Waals surface area contributed by atoms with Crippen LogP contribution in [0.4, 0.5) is 0 Å². The van der Waals surface area contributed by atoms with Gasteiger partial charge in [-0.15, -0.1) is 0 Å². The molecule has 0 amide bonds. The van der Waals surface area contributed by atoms with Crippen LogP contribution in [-0.4, -0.2) is 15.8 Å². The summed E-state index contributed by atoms with van der Waals surface area (Å²) in [5, 5.41) is 20.8. The smallest absolute Gasteiger partial charge is 0.108 e. The fraction of sp³-hybridized carbons (Fsp3) is 0.571. The molecule has 1 atom stereocenters. The van der Waals surface area contributed by atoms with Crippen LogP contribution < -0.4 is 0 Å². The van der Waals surface area contributed by atoms with Crippen molar-refractivity contribution in [3.8, 4) is 0 Å². The molecule has 2 heteroatoms. The van der Waals surface area contributed by atoms with E-state index in [1.807, 2.05) is 31.2 Å². The summed E-state index contributed by atoms with van der Waals surface area (Å²) in [6.45, 7) is 1.98. The minimum Gasteiger partial charge on any atom is -0.387 e. The van der Waals surface area contributed by atoms with Gasteiger partial charge in [-0.3, -0.25) is 0 Å². The average molecular weight is 220 g/mol. The second-order valence-electron chi connectivity index (χ2n) is 4.92. The lowest BCUT2D eigenvalue weighted by Crippen LogP contribution is -2.38. The van der Waals surface area contributed by atoms with E-state index in [2.05, 4.69) is 0 Å². The molecule has 0 aliphatic heterocycles. The summed E-state index contributed by atoms with van der Waals surface area (Å²) in [6.07, 6.45) is 3.88. The van der Waals surface area contributed by atoms with Crippen molar-refractivity contribution in [2.45, 2.75) is 50.7 Å². The van der Waals surface area contributed by atoms with Crippen molar-refractivity contribution in [2.75, 3.05) is 0 Å². The zero-order chi connectivity index (χ0) is 11.6. The highest BCUT2D eigenvalue weighted by molar-refractivity contribution is 5.29. The van der Waals surface area contributed by atoms with E-state index in [0.717, 1.165) is 24.0 Å². The zero-order valence-electron chi connectivity index (χ0n) is 9.82. The number of aliphatic hydroxyl groups is 2. The zero-order valence-corrected chi connectivity index (χ0v) is 9.82. The lowest BCUT2D eigenvalue weighted by molar-refractivity contribution is -0.0994. The maximum absolute atomic E-state index is 10.5. The summed E-state index contributed by atoms with van der Waals surface area (Å²) in [7, 11) is 0. The van der Waals surface area contributed by atoms with Crippen LogP contribution in [0.2, 0.25) is 0 Å². The van der Waals surface area contributed by atoms with Gasteiger partial charge in [0.15, 0.2) is 0 Å². The van der Waals surface area contributed by atoms with Gasteiger partial charge < -0.3 is 10.2 Å². The third kappa shape index (κ3) is 2.13. The van der Waals surface area contributed by atoms with Gasteiger partial charge in [0.1, 0.15) is 6.10 Å². The van der Waals surface area contributed by atoms with E-state index in [0.29, 0.717) is 12.8 Å². The standard InChI is InChI=1S/C14H20O2/c1-11-7-3-4-8-12(11)13(15)14(16)9-5-2-6-10-14/h3-4,7-8,13,15-16H,2,5-6,9-10H2,1H3. The molecule has 0 spiro atoms. The molecule has 1 unspecified atom stereocenters. The van der Waals surface area contributed by atoms with Gasteiger partial charge in [0.25, 0.3) is 0 Å². The summed E-state index contributed by atoms with van der Waals surface area (Å²) in [4.78, 5) is 0. The Balaban J connectivity index is 2.24. The minimum atomic E-state index is -0.912. The van der Waals surface area contributed by atoms with E-state index in [1.165, 1.54) is 6.42 Å². The fourth-order valence-electron chi connectivity index (χ4n) is 2.62. The highest BCUT2D eigenvalue weighted by atomic mass is 16.3. The Kier molecular flexibility index (Phi) is 3.31.